The molecule has 44 heavy (non-hydrogen) atoms. The molecule has 0 radical (unpaired) electrons. The number of H-pyrrole nitrogens is 1. The molecule has 1 saturated carbocycles. The molecular weight excluding hydrogens is 558 g/mol. The van der Waals surface area contributed by atoms with Gasteiger partial charge in [0.1, 0.15) is 28.6 Å². The van der Waals surface area contributed by atoms with E-state index in [1.165, 1.54) is 12.8 Å². The molecule has 1 saturated heterocycles. The Morgan fingerprint density at radius 3 is 2.59 bits per heavy atom. The number of piperazine rings is 1. The van der Waals surface area contributed by atoms with Crippen molar-refractivity contribution in [3.05, 3.63) is 53.0 Å². The van der Waals surface area contributed by atoms with Crippen LogP contribution in [0, 0.1) is 5.92 Å². The molecule has 3 aromatic rings. The van der Waals surface area contributed by atoms with E-state index in [-0.39, 0.29) is 11.7 Å². The average molecular weight is 604 g/mol. The molecule has 236 valence electrons. The van der Waals surface area contributed by atoms with Gasteiger partial charge in [-0.3, -0.25) is 9.69 Å². The zero-order valence-corrected chi connectivity index (χ0v) is 26.5. The third kappa shape index (κ3) is 7.67. The Hall–Kier alpha value is -4.15. The molecule has 0 aromatic carbocycles. The van der Waals surface area contributed by atoms with Gasteiger partial charge < -0.3 is 24.3 Å². The number of rotatable bonds is 10. The van der Waals surface area contributed by atoms with Crippen molar-refractivity contribution in [1.29, 1.82) is 0 Å². The van der Waals surface area contributed by atoms with E-state index >= 15 is 0 Å². The number of hydrogen-bond donors (Lipinski definition) is 1. The summed E-state index contributed by atoms with van der Waals surface area (Å²) in [6.45, 7) is 15.4. The molecular formula is C33H45N7O4. The van der Waals surface area contributed by atoms with Crippen molar-refractivity contribution in [2.75, 3.05) is 49.1 Å². The lowest BCUT2D eigenvalue weighted by Gasteiger charge is -2.36. The number of carbonyl (C=O) groups is 1. The van der Waals surface area contributed by atoms with Crippen molar-refractivity contribution in [3.8, 4) is 0 Å². The van der Waals surface area contributed by atoms with Crippen LogP contribution in [0.5, 0.6) is 0 Å². The van der Waals surface area contributed by atoms with Crippen molar-refractivity contribution in [1.82, 2.24) is 24.8 Å². The summed E-state index contributed by atoms with van der Waals surface area (Å²) in [5.74, 6) is 2.93. The van der Waals surface area contributed by atoms with Crippen LogP contribution in [0.4, 0.5) is 22.4 Å². The highest BCUT2D eigenvalue weighted by molar-refractivity contribution is 5.79. The van der Waals surface area contributed by atoms with Crippen molar-refractivity contribution in [2.45, 2.75) is 71.8 Å². The summed E-state index contributed by atoms with van der Waals surface area (Å²) >= 11 is 0. The highest BCUT2D eigenvalue weighted by atomic mass is 16.6. The third-order valence-corrected chi connectivity index (χ3v) is 8.06. The van der Waals surface area contributed by atoms with Gasteiger partial charge in [-0.05, 0) is 64.2 Å². The Morgan fingerprint density at radius 2 is 1.89 bits per heavy atom. The topological polar surface area (TPSA) is 117 Å². The van der Waals surface area contributed by atoms with Crippen LogP contribution in [0.1, 0.15) is 71.8 Å². The molecule has 2 fully saturated rings. The van der Waals surface area contributed by atoms with E-state index in [0.29, 0.717) is 67.0 Å². The number of aromatic nitrogens is 4. The number of unbranched alkanes of at least 4 members (excludes halogenated alkanes) is 1. The maximum atomic E-state index is 13.0. The number of ether oxygens (including phenoxy) is 2. The van der Waals surface area contributed by atoms with Crippen molar-refractivity contribution in [3.63, 3.8) is 0 Å². The third-order valence-electron chi connectivity index (χ3n) is 8.06. The fourth-order valence-electron chi connectivity index (χ4n) is 5.65. The lowest BCUT2D eigenvalue weighted by Crippen LogP contribution is -2.50. The largest absolute Gasteiger partial charge is 0.493 e. The molecule has 1 aliphatic heterocycles. The standard InChI is InChI=1S/C33H45N7O4/c1-6-7-19-43-23(2)26-20-25-21-34-31(37-29(25)36-30(26)41)40(22-24-11-8-9-12-24)28-14-10-13-27(35-28)38-15-17-39(18-16-38)32(42)44-33(3,4)5/h10,13-14,20-21,24H,2,6-9,11-12,15-19,22H2,1,3-5H3,(H,34,36,37,41). The van der Waals surface area contributed by atoms with E-state index in [4.69, 9.17) is 24.4 Å². The second kappa shape index (κ2) is 13.7. The smallest absolute Gasteiger partial charge is 0.410 e. The predicted molar refractivity (Wildman–Crippen MR) is 173 cm³/mol. The van der Waals surface area contributed by atoms with E-state index in [0.717, 1.165) is 43.9 Å². The van der Waals surface area contributed by atoms with Gasteiger partial charge in [0.25, 0.3) is 5.56 Å². The van der Waals surface area contributed by atoms with E-state index in [9.17, 15) is 9.59 Å². The zero-order valence-electron chi connectivity index (χ0n) is 26.5. The van der Waals surface area contributed by atoms with E-state index in [1.807, 2.05) is 39.0 Å². The second-order valence-corrected chi connectivity index (χ2v) is 12.7. The number of amides is 1. The fourth-order valence-corrected chi connectivity index (χ4v) is 5.65. The van der Waals surface area contributed by atoms with Gasteiger partial charge in [0.15, 0.2) is 0 Å². The second-order valence-electron chi connectivity index (χ2n) is 12.7. The summed E-state index contributed by atoms with van der Waals surface area (Å²) in [6.07, 6.45) is 8.07. The number of hydrogen-bond acceptors (Lipinski definition) is 9. The summed E-state index contributed by atoms with van der Waals surface area (Å²) < 4.78 is 11.2. The van der Waals surface area contributed by atoms with Crippen LogP contribution in [-0.4, -0.2) is 75.9 Å². The van der Waals surface area contributed by atoms with Crippen LogP contribution in [0.25, 0.3) is 16.8 Å². The number of carbonyl (C=O) groups excluding carboxylic acids is 1. The molecule has 0 atom stereocenters. The van der Waals surface area contributed by atoms with Crippen LogP contribution >= 0.6 is 0 Å². The summed E-state index contributed by atoms with van der Waals surface area (Å²) in [5, 5.41) is 0.703. The predicted octanol–water partition coefficient (Wildman–Crippen LogP) is 5.89. The maximum Gasteiger partial charge on any atom is 0.410 e. The van der Waals surface area contributed by atoms with Gasteiger partial charge >= 0.3 is 6.09 Å². The summed E-state index contributed by atoms with van der Waals surface area (Å²) in [6, 6.07) is 7.71. The summed E-state index contributed by atoms with van der Waals surface area (Å²) in [5.41, 5.74) is 0.0195. The van der Waals surface area contributed by atoms with Gasteiger partial charge in [-0.15, -0.1) is 0 Å². The van der Waals surface area contributed by atoms with Gasteiger partial charge in [0, 0.05) is 44.3 Å². The van der Waals surface area contributed by atoms with Crippen molar-refractivity contribution >= 4 is 40.5 Å². The number of aromatic amines is 1. The number of anilines is 3. The molecule has 2 aliphatic rings. The molecule has 1 aliphatic carbocycles. The Balaban J connectivity index is 1.38. The minimum absolute atomic E-state index is 0.284. The minimum atomic E-state index is -0.524. The normalized spacial score (nSPS) is 15.9. The van der Waals surface area contributed by atoms with Crippen molar-refractivity contribution in [2.24, 2.45) is 5.92 Å². The molecule has 11 heteroatoms. The zero-order chi connectivity index (χ0) is 31.3. The lowest BCUT2D eigenvalue weighted by molar-refractivity contribution is 0.0240. The Bertz CT molecular complexity index is 1520. The van der Waals surface area contributed by atoms with Crippen LogP contribution < -0.4 is 15.4 Å². The van der Waals surface area contributed by atoms with Crippen LogP contribution in [0.2, 0.25) is 0 Å². The van der Waals surface area contributed by atoms with Crippen LogP contribution in [0.15, 0.2) is 41.8 Å². The van der Waals surface area contributed by atoms with Gasteiger partial charge in [0.05, 0.1) is 12.2 Å². The van der Waals surface area contributed by atoms with E-state index in [2.05, 4.69) is 28.3 Å². The van der Waals surface area contributed by atoms with E-state index in [1.54, 1.807) is 17.2 Å². The molecule has 5 rings (SSSR count). The van der Waals surface area contributed by atoms with Crippen LogP contribution in [-0.2, 0) is 9.47 Å². The Labute approximate surface area is 259 Å². The first-order chi connectivity index (χ1) is 21.1. The molecule has 1 N–H and O–H groups in total. The van der Waals surface area contributed by atoms with Gasteiger partial charge in [-0.1, -0.05) is 38.8 Å². The molecule has 1 amide bonds. The molecule has 11 nitrogen and oxygen atoms in total. The summed E-state index contributed by atoms with van der Waals surface area (Å²) in [4.78, 5) is 49.0. The van der Waals surface area contributed by atoms with Gasteiger partial charge in [-0.25, -0.2) is 14.8 Å². The first-order valence-corrected chi connectivity index (χ1v) is 15.8. The highest BCUT2D eigenvalue weighted by Gasteiger charge is 2.28. The fraction of sp³-hybridized carbons (Fsp3) is 0.545. The van der Waals surface area contributed by atoms with Gasteiger partial charge in [-0.2, -0.15) is 4.98 Å². The van der Waals surface area contributed by atoms with E-state index < -0.39 is 5.60 Å². The first-order valence-electron chi connectivity index (χ1n) is 15.8. The summed E-state index contributed by atoms with van der Waals surface area (Å²) in [7, 11) is 0. The Kier molecular flexibility index (Phi) is 9.71. The monoisotopic (exact) mass is 603 g/mol. The maximum absolute atomic E-state index is 13.0. The number of nitrogens with one attached hydrogen (secondary N) is 1. The van der Waals surface area contributed by atoms with Crippen molar-refractivity contribution < 1.29 is 14.3 Å². The first kappa shape index (κ1) is 31.3. The molecule has 3 aromatic heterocycles. The number of pyridine rings is 2. The average Bonchev–Trinajstić information content (AvgIpc) is 3.52. The minimum Gasteiger partial charge on any atom is -0.493 e. The Morgan fingerprint density at radius 1 is 1.14 bits per heavy atom. The SMILES string of the molecule is C=C(OCCCC)c1cc2cnc(N(CC3CCCC3)c3cccc(N4CCN(C(=O)OC(C)(C)C)CC4)n3)nc2[nH]c1=O. The molecule has 4 heterocycles. The molecule has 0 unspecified atom stereocenters. The quantitative estimate of drug-likeness (QED) is 0.224. The number of fused-ring (bicyclic) bond motifs is 1. The van der Waals surface area contributed by atoms with Gasteiger partial charge in [0.2, 0.25) is 5.95 Å². The molecule has 0 spiro atoms. The molecule has 0 bridgehead atoms. The number of nitrogens with zero attached hydrogens (tertiary/aromatic N) is 6. The highest BCUT2D eigenvalue weighted by Crippen LogP contribution is 2.31. The van der Waals surface area contributed by atoms with Crippen LogP contribution in [0.3, 0.4) is 0 Å². The lowest BCUT2D eigenvalue weighted by atomic mass is 10.1.